The molecule has 0 aliphatic carbocycles. The van der Waals surface area contributed by atoms with Crippen molar-refractivity contribution in [3.05, 3.63) is 23.8 Å². The normalized spacial score (nSPS) is 13.5. The lowest BCUT2D eigenvalue weighted by Gasteiger charge is -2.23. The van der Waals surface area contributed by atoms with Crippen LogP contribution in [-0.4, -0.2) is 63.0 Å². The summed E-state index contributed by atoms with van der Waals surface area (Å²) in [4.78, 5) is 26.8. The Morgan fingerprint density at radius 1 is 1.27 bits per heavy atom. The SMILES string of the molecule is COCCN(CCOC)C(=O)c1ccc2c(c1)NC(=O)CS2. The van der Waals surface area contributed by atoms with Gasteiger partial charge in [-0.15, -0.1) is 11.8 Å². The minimum atomic E-state index is -0.0956. The molecule has 1 N–H and O–H groups in total. The molecule has 6 nitrogen and oxygen atoms in total. The van der Waals surface area contributed by atoms with Gasteiger partial charge in [-0.3, -0.25) is 9.59 Å². The standard InChI is InChI=1S/C15H20N2O4S/c1-20-7-5-17(6-8-21-2)15(19)11-3-4-13-12(9-11)16-14(18)10-22-13/h3-4,9H,5-8,10H2,1-2H3,(H,16,18). The summed E-state index contributed by atoms with van der Waals surface area (Å²) >= 11 is 1.48. The number of nitrogens with one attached hydrogen (secondary N) is 1. The second-order valence-electron chi connectivity index (χ2n) is 4.83. The van der Waals surface area contributed by atoms with Crippen molar-refractivity contribution in [1.82, 2.24) is 4.90 Å². The minimum absolute atomic E-state index is 0.0438. The zero-order chi connectivity index (χ0) is 15.9. The van der Waals surface area contributed by atoms with Crippen LogP contribution in [0.3, 0.4) is 0 Å². The van der Waals surface area contributed by atoms with Crippen LogP contribution in [0.25, 0.3) is 0 Å². The van der Waals surface area contributed by atoms with Crippen molar-refractivity contribution in [2.24, 2.45) is 0 Å². The predicted molar refractivity (Wildman–Crippen MR) is 85.5 cm³/mol. The number of hydrogen-bond donors (Lipinski definition) is 1. The summed E-state index contributed by atoms with van der Waals surface area (Å²) in [5.41, 5.74) is 1.25. The highest BCUT2D eigenvalue weighted by Crippen LogP contribution is 2.32. The van der Waals surface area contributed by atoms with Gasteiger partial charge in [0.2, 0.25) is 5.91 Å². The molecule has 1 aromatic carbocycles. The first-order chi connectivity index (χ1) is 10.7. The summed E-state index contributed by atoms with van der Waals surface area (Å²) < 4.78 is 10.1. The Bertz CT molecular complexity index is 542. The van der Waals surface area contributed by atoms with Crippen LogP contribution in [0.15, 0.2) is 23.1 Å². The molecule has 0 atom stereocenters. The van der Waals surface area contributed by atoms with Crippen LogP contribution in [0.5, 0.6) is 0 Å². The summed E-state index contributed by atoms with van der Waals surface area (Å²) in [6.07, 6.45) is 0. The summed E-state index contributed by atoms with van der Waals surface area (Å²) in [5, 5.41) is 2.80. The van der Waals surface area contributed by atoms with E-state index in [-0.39, 0.29) is 11.8 Å². The van der Waals surface area contributed by atoms with Crippen molar-refractivity contribution < 1.29 is 19.1 Å². The largest absolute Gasteiger partial charge is 0.383 e. The first-order valence-electron chi connectivity index (χ1n) is 6.99. The molecule has 2 amide bonds. The lowest BCUT2D eigenvalue weighted by molar-refractivity contribution is -0.113. The molecule has 1 aromatic rings. The van der Waals surface area contributed by atoms with Crippen LogP contribution in [0, 0.1) is 0 Å². The van der Waals surface area contributed by atoms with Gasteiger partial charge in [0.1, 0.15) is 0 Å². The topological polar surface area (TPSA) is 67.9 Å². The Labute approximate surface area is 134 Å². The molecule has 22 heavy (non-hydrogen) atoms. The summed E-state index contributed by atoms with van der Waals surface area (Å²) in [6.45, 7) is 1.92. The van der Waals surface area contributed by atoms with E-state index in [1.807, 2.05) is 6.07 Å². The monoisotopic (exact) mass is 324 g/mol. The number of benzene rings is 1. The first-order valence-corrected chi connectivity index (χ1v) is 7.98. The average Bonchev–Trinajstić information content (AvgIpc) is 2.53. The van der Waals surface area contributed by atoms with E-state index < -0.39 is 0 Å². The van der Waals surface area contributed by atoms with E-state index in [0.29, 0.717) is 43.3 Å². The summed E-state index contributed by atoms with van der Waals surface area (Å²) in [6, 6.07) is 5.39. The van der Waals surface area contributed by atoms with E-state index >= 15 is 0 Å². The van der Waals surface area contributed by atoms with Gasteiger partial charge in [0.05, 0.1) is 24.7 Å². The molecular weight excluding hydrogens is 304 g/mol. The van der Waals surface area contributed by atoms with Crippen LogP contribution >= 0.6 is 11.8 Å². The third-order valence-electron chi connectivity index (χ3n) is 3.28. The number of carbonyl (C=O) groups excluding carboxylic acids is 2. The minimum Gasteiger partial charge on any atom is -0.383 e. The van der Waals surface area contributed by atoms with Crippen LogP contribution in [0.4, 0.5) is 5.69 Å². The number of anilines is 1. The number of ether oxygens (including phenoxy) is 2. The van der Waals surface area contributed by atoms with Crippen molar-refractivity contribution in [3.63, 3.8) is 0 Å². The highest BCUT2D eigenvalue weighted by atomic mass is 32.2. The molecule has 0 saturated heterocycles. The fourth-order valence-corrected chi connectivity index (χ4v) is 2.91. The lowest BCUT2D eigenvalue weighted by atomic mass is 10.1. The van der Waals surface area contributed by atoms with Gasteiger partial charge >= 0.3 is 0 Å². The summed E-state index contributed by atoms with van der Waals surface area (Å²) in [7, 11) is 3.20. The molecule has 1 aliphatic heterocycles. The smallest absolute Gasteiger partial charge is 0.254 e. The number of methoxy groups -OCH3 is 2. The Balaban J connectivity index is 2.15. The van der Waals surface area contributed by atoms with E-state index in [1.165, 1.54) is 11.8 Å². The van der Waals surface area contributed by atoms with Gasteiger partial charge in [-0.2, -0.15) is 0 Å². The maximum Gasteiger partial charge on any atom is 0.254 e. The zero-order valence-electron chi connectivity index (χ0n) is 12.8. The zero-order valence-corrected chi connectivity index (χ0v) is 13.6. The molecule has 0 saturated carbocycles. The van der Waals surface area contributed by atoms with Crippen molar-refractivity contribution >= 4 is 29.3 Å². The van der Waals surface area contributed by atoms with Gasteiger partial charge in [0.25, 0.3) is 5.91 Å². The molecule has 0 aromatic heterocycles. The van der Waals surface area contributed by atoms with E-state index in [0.717, 1.165) is 4.90 Å². The number of rotatable bonds is 7. The number of nitrogens with zero attached hydrogens (tertiary/aromatic N) is 1. The number of carbonyl (C=O) groups is 2. The van der Waals surface area contributed by atoms with Gasteiger partial charge in [0.15, 0.2) is 0 Å². The van der Waals surface area contributed by atoms with Crippen molar-refractivity contribution in [1.29, 1.82) is 0 Å². The fraction of sp³-hybridized carbons (Fsp3) is 0.467. The third kappa shape index (κ3) is 4.22. The number of fused-ring (bicyclic) bond motifs is 1. The van der Waals surface area contributed by atoms with Crippen molar-refractivity contribution in [2.75, 3.05) is 51.6 Å². The molecule has 0 unspecified atom stereocenters. The molecule has 0 spiro atoms. The maximum absolute atomic E-state index is 12.6. The molecule has 7 heteroatoms. The molecule has 0 fully saturated rings. The van der Waals surface area contributed by atoms with Gasteiger partial charge in [-0.1, -0.05) is 0 Å². The Kier molecular flexibility index (Phi) is 6.23. The molecule has 1 heterocycles. The van der Waals surface area contributed by atoms with Crippen molar-refractivity contribution in [3.8, 4) is 0 Å². The molecule has 0 bridgehead atoms. The van der Waals surface area contributed by atoms with E-state index in [2.05, 4.69) is 5.32 Å². The third-order valence-corrected chi connectivity index (χ3v) is 4.35. The van der Waals surface area contributed by atoms with Gasteiger partial charge in [0, 0.05) is 37.8 Å². The van der Waals surface area contributed by atoms with Crippen LogP contribution < -0.4 is 5.32 Å². The number of thioether (sulfide) groups is 1. The van der Waals surface area contributed by atoms with Gasteiger partial charge < -0.3 is 19.7 Å². The summed E-state index contributed by atoms with van der Waals surface area (Å²) in [5.74, 6) is 0.271. The second kappa shape index (κ2) is 8.17. The van der Waals surface area contributed by atoms with E-state index in [9.17, 15) is 9.59 Å². The molecule has 1 aliphatic rings. The number of amides is 2. The maximum atomic E-state index is 12.6. The van der Waals surface area contributed by atoms with E-state index in [4.69, 9.17) is 9.47 Å². The van der Waals surface area contributed by atoms with Crippen LogP contribution in [-0.2, 0) is 14.3 Å². The van der Waals surface area contributed by atoms with Crippen molar-refractivity contribution in [2.45, 2.75) is 4.90 Å². The predicted octanol–water partition coefficient (Wildman–Crippen LogP) is 1.47. The molecule has 0 radical (unpaired) electrons. The van der Waals surface area contributed by atoms with Gasteiger partial charge in [-0.25, -0.2) is 0 Å². The number of hydrogen-bond acceptors (Lipinski definition) is 5. The molecule has 120 valence electrons. The van der Waals surface area contributed by atoms with E-state index in [1.54, 1.807) is 31.3 Å². The van der Waals surface area contributed by atoms with Gasteiger partial charge in [-0.05, 0) is 18.2 Å². The highest BCUT2D eigenvalue weighted by Gasteiger charge is 2.20. The average molecular weight is 324 g/mol. The second-order valence-corrected chi connectivity index (χ2v) is 5.84. The lowest BCUT2D eigenvalue weighted by Crippen LogP contribution is -2.36. The Hall–Kier alpha value is -1.57. The molecule has 2 rings (SSSR count). The first kappa shape index (κ1) is 16.8. The Morgan fingerprint density at radius 2 is 1.95 bits per heavy atom. The molecular formula is C15H20N2O4S. The highest BCUT2D eigenvalue weighted by molar-refractivity contribution is 8.00. The van der Waals surface area contributed by atoms with Crippen LogP contribution in [0.2, 0.25) is 0 Å². The Morgan fingerprint density at radius 3 is 2.59 bits per heavy atom. The fourth-order valence-electron chi connectivity index (χ4n) is 2.12. The van der Waals surface area contributed by atoms with Crippen LogP contribution in [0.1, 0.15) is 10.4 Å². The quantitative estimate of drug-likeness (QED) is 0.822.